The van der Waals surface area contributed by atoms with Gasteiger partial charge in [0.05, 0.1) is 36.0 Å². The Morgan fingerprint density at radius 3 is 1.64 bits per heavy atom. The van der Waals surface area contributed by atoms with Crippen molar-refractivity contribution in [1.29, 1.82) is 0 Å². The predicted octanol–water partition coefficient (Wildman–Crippen LogP) is 1.08. The minimum absolute atomic E-state index is 0. The fourth-order valence-electron chi connectivity index (χ4n) is 1.99. The number of rotatable bonds is 11. The second-order valence-electron chi connectivity index (χ2n) is 7.57. The number of nitrogens with zero attached hydrogens (tertiary/aromatic N) is 3. The van der Waals surface area contributed by atoms with Crippen LogP contribution in [0.15, 0.2) is 63.8 Å². The van der Waals surface area contributed by atoms with Gasteiger partial charge in [-0.25, -0.2) is 27.8 Å². The highest BCUT2D eigenvalue weighted by Gasteiger charge is 2.02. The molecule has 2 rings (SSSR count). The molecule has 0 aliphatic carbocycles. The normalized spacial score (nSPS) is 11.7. The van der Waals surface area contributed by atoms with Crippen LogP contribution in [0.4, 0.5) is 0 Å². The van der Waals surface area contributed by atoms with E-state index in [0.717, 1.165) is 18.8 Å². The zero-order valence-electron chi connectivity index (χ0n) is 22.1. The highest BCUT2D eigenvalue weighted by Crippen LogP contribution is 2.12. The van der Waals surface area contributed by atoms with Gasteiger partial charge in [-0.15, -0.1) is 10.2 Å². The first kappa shape index (κ1) is 40.7. The molecule has 0 aliphatic rings. The summed E-state index contributed by atoms with van der Waals surface area (Å²) in [4.78, 5) is 19.6. The minimum Gasteiger partial charge on any atom is -0.367 e. The lowest BCUT2D eigenvalue weighted by Crippen LogP contribution is -2.33. The van der Waals surface area contributed by atoms with Crippen molar-refractivity contribution in [2.45, 2.75) is 7.43 Å². The molecule has 19 heteroatoms. The molecule has 0 aromatic heterocycles. The molecule has 0 heterocycles. The average Bonchev–Trinajstić information content (AvgIpc) is 2.90. The second-order valence-corrected chi connectivity index (χ2v) is 12.9. The van der Waals surface area contributed by atoms with Gasteiger partial charge in [0.2, 0.25) is 11.9 Å². The second kappa shape index (κ2) is 22.2. The Hall–Kier alpha value is -3.48. The largest absolute Gasteiger partial charge is 0.367 e. The molecule has 2 aromatic rings. The summed E-state index contributed by atoms with van der Waals surface area (Å²) < 4.78 is 42.8. The SMILES string of the molecule is C.CS(=O)(=O)CCONC(N)=N/N=C/c1ccccc1Cl.CS(=O)(=O)CCONC(N)=NN.O=Cc1ccccc1Cl. The van der Waals surface area contributed by atoms with Gasteiger partial charge in [0, 0.05) is 28.7 Å². The standard InChI is InChI=1S/C11H15ClN4O3S.C7H5ClO.C4H12N4O3S.CH4/c1-20(17,18)7-6-19-16-11(13)15-14-8-9-4-2-3-5-10(9)12;8-7-4-2-1-3-6(7)5-9;1-12(9,10)3-2-11-8-4(5)7-6;/h2-5,8H,6-7H2,1H3,(H3,13,15,16);1-5H;2-3,6H2,1H3,(H3,5,7,8);1H4/b14-8+;;;. The van der Waals surface area contributed by atoms with Gasteiger partial charge in [0.25, 0.3) is 0 Å². The first-order valence-electron chi connectivity index (χ1n) is 11.1. The van der Waals surface area contributed by atoms with E-state index in [1.54, 1.807) is 42.5 Å². The van der Waals surface area contributed by atoms with Crippen molar-refractivity contribution in [1.82, 2.24) is 11.0 Å². The molecule has 0 radical (unpaired) electrons. The maximum Gasteiger partial charge on any atom is 0.237 e. The number of nitrogens with two attached hydrogens (primary N) is 3. The molecule has 0 amide bonds. The molecule has 0 saturated carbocycles. The van der Waals surface area contributed by atoms with Crippen LogP contribution >= 0.6 is 23.2 Å². The summed E-state index contributed by atoms with van der Waals surface area (Å²) in [7, 11) is -6.08. The zero-order chi connectivity index (χ0) is 31.3. The van der Waals surface area contributed by atoms with E-state index < -0.39 is 19.7 Å². The van der Waals surface area contributed by atoms with Crippen molar-refractivity contribution in [3.63, 3.8) is 0 Å². The number of guanidine groups is 2. The van der Waals surface area contributed by atoms with Crippen LogP contribution in [-0.2, 0) is 29.3 Å². The summed E-state index contributed by atoms with van der Waals surface area (Å²) in [6.07, 6.45) is 4.40. The minimum atomic E-state index is -3.07. The summed E-state index contributed by atoms with van der Waals surface area (Å²) in [5.41, 5.74) is 16.2. The molecule has 0 fully saturated rings. The third kappa shape index (κ3) is 23.2. The number of aldehydes is 1. The van der Waals surface area contributed by atoms with Gasteiger partial charge in [-0.2, -0.15) is 5.10 Å². The Labute approximate surface area is 255 Å². The number of carbonyl (C=O) groups excluding carboxylic acids is 1. The van der Waals surface area contributed by atoms with Gasteiger partial charge in [0.15, 0.2) is 6.29 Å². The van der Waals surface area contributed by atoms with Gasteiger partial charge in [0.1, 0.15) is 19.7 Å². The number of hydroxylamine groups is 2. The molecule has 0 saturated heterocycles. The molecule has 0 atom stereocenters. The molecule has 42 heavy (non-hydrogen) atoms. The van der Waals surface area contributed by atoms with E-state index in [0.29, 0.717) is 21.2 Å². The predicted molar refractivity (Wildman–Crippen MR) is 168 cm³/mol. The monoisotopic (exact) mass is 670 g/mol. The van der Waals surface area contributed by atoms with E-state index in [4.69, 9.17) is 45.3 Å². The first-order valence-corrected chi connectivity index (χ1v) is 16.0. The van der Waals surface area contributed by atoms with Gasteiger partial charge >= 0.3 is 0 Å². The van der Waals surface area contributed by atoms with E-state index in [1.165, 1.54) is 6.21 Å². The highest BCUT2D eigenvalue weighted by molar-refractivity contribution is 7.90. The van der Waals surface area contributed by atoms with Crippen LogP contribution < -0.4 is 28.3 Å². The number of carbonyl (C=O) groups is 1. The number of nitrogens with one attached hydrogen (secondary N) is 2. The Balaban J connectivity index is 0. The molecule has 8 N–H and O–H groups in total. The lowest BCUT2D eigenvalue weighted by molar-refractivity contribution is 0.0971. The highest BCUT2D eigenvalue weighted by atomic mass is 35.5. The summed E-state index contributed by atoms with van der Waals surface area (Å²) >= 11 is 11.5. The van der Waals surface area contributed by atoms with Crippen LogP contribution in [0.1, 0.15) is 23.3 Å². The van der Waals surface area contributed by atoms with Crippen molar-refractivity contribution in [2.75, 3.05) is 37.2 Å². The van der Waals surface area contributed by atoms with Gasteiger partial charge in [-0.3, -0.25) is 14.5 Å². The van der Waals surface area contributed by atoms with Crippen LogP contribution in [0.2, 0.25) is 10.0 Å². The van der Waals surface area contributed by atoms with E-state index in [-0.39, 0.29) is 44.1 Å². The Morgan fingerprint density at radius 1 is 0.833 bits per heavy atom. The fourth-order valence-corrected chi connectivity index (χ4v) is 3.12. The molecule has 15 nitrogen and oxygen atoms in total. The molecule has 0 bridgehead atoms. The van der Waals surface area contributed by atoms with Gasteiger partial charge in [-0.1, -0.05) is 67.0 Å². The number of hydrogen-bond acceptors (Lipinski definition) is 11. The van der Waals surface area contributed by atoms with Gasteiger partial charge in [-0.05, 0) is 12.1 Å². The average molecular weight is 672 g/mol. The quantitative estimate of drug-likeness (QED) is 0.0563. The molecule has 0 spiro atoms. The molecule has 0 aliphatic heterocycles. The summed E-state index contributed by atoms with van der Waals surface area (Å²) in [6.45, 7) is -0.0433. The molecule has 236 valence electrons. The van der Waals surface area contributed by atoms with Crippen LogP contribution in [0.25, 0.3) is 0 Å². The number of benzene rings is 2. The fraction of sp³-hybridized carbons (Fsp3) is 0.304. The maximum absolute atomic E-state index is 10.8. The summed E-state index contributed by atoms with van der Waals surface area (Å²) in [6, 6.07) is 14.0. The van der Waals surface area contributed by atoms with E-state index in [9.17, 15) is 21.6 Å². The van der Waals surface area contributed by atoms with Crippen molar-refractivity contribution in [3.8, 4) is 0 Å². The lowest BCUT2D eigenvalue weighted by Gasteiger charge is -2.03. The van der Waals surface area contributed by atoms with Crippen molar-refractivity contribution < 1.29 is 31.3 Å². The molecular weight excluding hydrogens is 635 g/mol. The van der Waals surface area contributed by atoms with Crippen molar-refractivity contribution in [3.05, 3.63) is 69.7 Å². The molecular formula is C23H36Cl2N8O7S2. The first-order chi connectivity index (χ1) is 19.2. The van der Waals surface area contributed by atoms with E-state index in [1.807, 2.05) is 6.07 Å². The van der Waals surface area contributed by atoms with E-state index >= 15 is 0 Å². The number of sulfone groups is 2. The molecule has 0 unspecified atom stereocenters. The lowest BCUT2D eigenvalue weighted by atomic mass is 10.2. The van der Waals surface area contributed by atoms with Gasteiger partial charge < -0.3 is 17.3 Å². The maximum atomic E-state index is 10.8. The Kier molecular flexibility index (Phi) is 21.5. The third-order valence-corrected chi connectivity index (χ3v) is 6.41. The third-order valence-electron chi connectivity index (χ3n) is 3.90. The molecule has 2 aromatic carbocycles. The van der Waals surface area contributed by atoms with Crippen LogP contribution in [-0.4, -0.2) is 78.5 Å². The van der Waals surface area contributed by atoms with Crippen LogP contribution in [0, 0.1) is 0 Å². The zero-order valence-corrected chi connectivity index (χ0v) is 25.3. The van der Waals surface area contributed by atoms with Crippen LogP contribution in [0.5, 0.6) is 0 Å². The van der Waals surface area contributed by atoms with Crippen LogP contribution in [0.3, 0.4) is 0 Å². The Morgan fingerprint density at radius 2 is 1.26 bits per heavy atom. The summed E-state index contributed by atoms with van der Waals surface area (Å²) in [5.74, 6) is 4.34. The number of hydrazone groups is 1. The van der Waals surface area contributed by atoms with Crippen molar-refractivity contribution in [2.24, 2.45) is 32.6 Å². The van der Waals surface area contributed by atoms with E-state index in [2.05, 4.69) is 31.1 Å². The number of halogens is 2. The topological polar surface area (TPSA) is 243 Å². The van der Waals surface area contributed by atoms with Crippen molar-refractivity contribution >= 4 is 67.3 Å². The number of hydrogen-bond donors (Lipinski definition) is 5. The smallest absolute Gasteiger partial charge is 0.237 e. The Bertz CT molecular complexity index is 1390. The summed E-state index contributed by atoms with van der Waals surface area (Å²) in [5, 5.41) is 11.4.